The second kappa shape index (κ2) is 7.90. The van der Waals surface area contributed by atoms with E-state index < -0.39 is 0 Å². The van der Waals surface area contributed by atoms with Gasteiger partial charge in [0.15, 0.2) is 0 Å². The summed E-state index contributed by atoms with van der Waals surface area (Å²) in [6, 6.07) is 15.5. The first-order valence-electron chi connectivity index (χ1n) is 6.56. The molecule has 4 heteroatoms. The Kier molecular flexibility index (Phi) is 5.87. The molecule has 2 aromatic carbocycles. The van der Waals surface area contributed by atoms with Crippen LogP contribution in [-0.2, 0) is 13.2 Å². The fourth-order valence-electron chi connectivity index (χ4n) is 1.88. The normalized spacial score (nSPS) is 10.5. The highest BCUT2D eigenvalue weighted by molar-refractivity contribution is 6.30. The molecule has 106 valence electrons. The van der Waals surface area contributed by atoms with Gasteiger partial charge in [0.05, 0.1) is 6.61 Å². The first kappa shape index (κ1) is 14.9. The monoisotopic (exact) mass is 291 g/mol. The van der Waals surface area contributed by atoms with Crippen molar-refractivity contribution in [2.45, 2.75) is 13.2 Å². The molecular weight excluding hydrogens is 274 g/mol. The zero-order valence-corrected chi connectivity index (χ0v) is 11.9. The molecule has 2 rings (SSSR count). The number of para-hydroxylation sites is 1. The van der Waals surface area contributed by atoms with Gasteiger partial charge < -0.3 is 15.2 Å². The van der Waals surface area contributed by atoms with Crippen LogP contribution in [0.3, 0.4) is 0 Å². The van der Waals surface area contributed by atoms with Gasteiger partial charge in [0.1, 0.15) is 12.4 Å². The van der Waals surface area contributed by atoms with E-state index in [-0.39, 0.29) is 6.61 Å². The lowest BCUT2D eigenvalue weighted by atomic mass is 10.2. The van der Waals surface area contributed by atoms with Crippen LogP contribution < -0.4 is 10.1 Å². The molecule has 0 atom stereocenters. The Bertz CT molecular complexity index is 546. The second-order valence-corrected chi connectivity index (χ2v) is 4.86. The summed E-state index contributed by atoms with van der Waals surface area (Å²) in [7, 11) is 0. The smallest absolute Gasteiger partial charge is 0.124 e. The summed E-state index contributed by atoms with van der Waals surface area (Å²) in [5.41, 5.74) is 2.11. The van der Waals surface area contributed by atoms with E-state index in [2.05, 4.69) is 5.32 Å². The molecule has 0 aliphatic rings. The van der Waals surface area contributed by atoms with Crippen LogP contribution in [0.4, 0.5) is 0 Å². The molecule has 0 aliphatic carbocycles. The number of ether oxygens (including phenoxy) is 1. The molecule has 0 bridgehead atoms. The number of hydrogen-bond donors (Lipinski definition) is 2. The molecule has 0 fully saturated rings. The zero-order chi connectivity index (χ0) is 14.2. The highest BCUT2D eigenvalue weighted by Gasteiger charge is 2.03. The van der Waals surface area contributed by atoms with E-state index in [1.54, 1.807) is 0 Å². The van der Waals surface area contributed by atoms with E-state index in [0.29, 0.717) is 24.7 Å². The minimum atomic E-state index is 0.130. The Balaban J connectivity index is 1.98. The third-order valence-electron chi connectivity index (χ3n) is 2.86. The summed E-state index contributed by atoms with van der Waals surface area (Å²) in [5, 5.41) is 12.6. The Labute approximate surface area is 124 Å². The number of nitrogens with one attached hydrogen (secondary N) is 1. The van der Waals surface area contributed by atoms with E-state index >= 15 is 0 Å². The van der Waals surface area contributed by atoms with Crippen molar-refractivity contribution in [1.82, 2.24) is 5.32 Å². The summed E-state index contributed by atoms with van der Waals surface area (Å²) in [6.45, 7) is 1.86. The Morgan fingerprint density at radius 2 is 1.95 bits per heavy atom. The maximum atomic E-state index is 8.79. The third-order valence-corrected chi connectivity index (χ3v) is 3.10. The van der Waals surface area contributed by atoms with Gasteiger partial charge >= 0.3 is 0 Å². The summed E-state index contributed by atoms with van der Waals surface area (Å²) >= 11 is 5.95. The standard InChI is InChI=1S/C16H18ClNO2/c17-15-6-3-4-13(10-15)12-20-16-7-2-1-5-14(16)11-18-8-9-19/h1-7,10,18-19H,8-9,11-12H2. The van der Waals surface area contributed by atoms with Crippen LogP contribution in [0.1, 0.15) is 11.1 Å². The lowest BCUT2D eigenvalue weighted by Crippen LogP contribution is -2.18. The zero-order valence-electron chi connectivity index (χ0n) is 11.2. The highest BCUT2D eigenvalue weighted by atomic mass is 35.5. The number of aliphatic hydroxyl groups excluding tert-OH is 1. The van der Waals surface area contributed by atoms with Crippen LogP contribution in [0, 0.1) is 0 Å². The van der Waals surface area contributed by atoms with Gasteiger partial charge in [-0.25, -0.2) is 0 Å². The fourth-order valence-corrected chi connectivity index (χ4v) is 2.09. The van der Waals surface area contributed by atoms with Gasteiger partial charge in [0.2, 0.25) is 0 Å². The molecule has 3 nitrogen and oxygen atoms in total. The Morgan fingerprint density at radius 1 is 1.10 bits per heavy atom. The molecule has 0 radical (unpaired) electrons. The van der Waals surface area contributed by atoms with Crippen molar-refractivity contribution < 1.29 is 9.84 Å². The van der Waals surface area contributed by atoms with E-state index in [9.17, 15) is 0 Å². The summed E-state index contributed by atoms with van der Waals surface area (Å²) in [4.78, 5) is 0. The molecular formula is C16H18ClNO2. The largest absolute Gasteiger partial charge is 0.489 e. The van der Waals surface area contributed by atoms with Crippen molar-refractivity contribution in [2.75, 3.05) is 13.2 Å². The third kappa shape index (κ3) is 4.53. The Hall–Kier alpha value is -1.55. The van der Waals surface area contributed by atoms with Crippen LogP contribution in [0.5, 0.6) is 5.75 Å². The van der Waals surface area contributed by atoms with E-state index in [4.69, 9.17) is 21.4 Å². The average Bonchev–Trinajstić information content (AvgIpc) is 2.47. The van der Waals surface area contributed by atoms with Gasteiger partial charge in [-0.1, -0.05) is 41.9 Å². The lowest BCUT2D eigenvalue weighted by molar-refractivity contribution is 0.288. The number of hydrogen-bond acceptors (Lipinski definition) is 3. The molecule has 0 saturated heterocycles. The maximum Gasteiger partial charge on any atom is 0.124 e. The molecule has 0 heterocycles. The fraction of sp³-hybridized carbons (Fsp3) is 0.250. The number of halogens is 1. The first-order valence-corrected chi connectivity index (χ1v) is 6.94. The quantitative estimate of drug-likeness (QED) is 0.771. The molecule has 0 spiro atoms. The van der Waals surface area contributed by atoms with Gasteiger partial charge in [0, 0.05) is 23.7 Å². The van der Waals surface area contributed by atoms with Crippen molar-refractivity contribution in [3.8, 4) is 5.75 Å². The van der Waals surface area contributed by atoms with Crippen LogP contribution in [0.2, 0.25) is 5.02 Å². The van der Waals surface area contributed by atoms with Crippen LogP contribution in [0.15, 0.2) is 48.5 Å². The summed E-state index contributed by atoms with van der Waals surface area (Å²) in [5.74, 6) is 0.845. The van der Waals surface area contributed by atoms with Crippen LogP contribution >= 0.6 is 11.6 Å². The minimum Gasteiger partial charge on any atom is -0.489 e. The topological polar surface area (TPSA) is 41.5 Å². The van der Waals surface area contributed by atoms with Crippen molar-refractivity contribution in [3.63, 3.8) is 0 Å². The molecule has 0 aromatic heterocycles. The minimum absolute atomic E-state index is 0.130. The SMILES string of the molecule is OCCNCc1ccccc1OCc1cccc(Cl)c1. The van der Waals surface area contributed by atoms with Crippen molar-refractivity contribution in [3.05, 3.63) is 64.7 Å². The number of rotatable bonds is 7. The first-order chi connectivity index (χ1) is 9.79. The molecule has 0 saturated carbocycles. The molecule has 20 heavy (non-hydrogen) atoms. The summed E-state index contributed by atoms with van der Waals surface area (Å²) in [6.07, 6.45) is 0. The number of benzene rings is 2. The van der Waals surface area contributed by atoms with E-state index in [1.165, 1.54) is 0 Å². The van der Waals surface area contributed by atoms with Gasteiger partial charge in [-0.05, 0) is 23.8 Å². The number of aliphatic hydroxyl groups is 1. The van der Waals surface area contributed by atoms with Gasteiger partial charge in [-0.3, -0.25) is 0 Å². The predicted octanol–water partition coefficient (Wildman–Crippen LogP) is 3.00. The average molecular weight is 292 g/mol. The van der Waals surface area contributed by atoms with Gasteiger partial charge in [-0.2, -0.15) is 0 Å². The summed E-state index contributed by atoms with van der Waals surface area (Å²) < 4.78 is 5.85. The highest BCUT2D eigenvalue weighted by Crippen LogP contribution is 2.20. The van der Waals surface area contributed by atoms with Crippen LogP contribution in [0.25, 0.3) is 0 Å². The molecule has 0 aliphatic heterocycles. The van der Waals surface area contributed by atoms with E-state index in [0.717, 1.165) is 16.9 Å². The Morgan fingerprint density at radius 3 is 2.75 bits per heavy atom. The lowest BCUT2D eigenvalue weighted by Gasteiger charge is -2.12. The second-order valence-electron chi connectivity index (χ2n) is 4.43. The van der Waals surface area contributed by atoms with Gasteiger partial charge in [0.25, 0.3) is 0 Å². The van der Waals surface area contributed by atoms with Crippen LogP contribution in [-0.4, -0.2) is 18.3 Å². The molecule has 0 unspecified atom stereocenters. The molecule has 2 aromatic rings. The molecule has 0 amide bonds. The van der Waals surface area contributed by atoms with Crippen molar-refractivity contribution >= 4 is 11.6 Å². The van der Waals surface area contributed by atoms with E-state index in [1.807, 2.05) is 48.5 Å². The van der Waals surface area contributed by atoms with Crippen molar-refractivity contribution in [2.24, 2.45) is 0 Å². The molecule has 2 N–H and O–H groups in total. The maximum absolute atomic E-state index is 8.79. The van der Waals surface area contributed by atoms with Crippen molar-refractivity contribution in [1.29, 1.82) is 0 Å². The van der Waals surface area contributed by atoms with Gasteiger partial charge in [-0.15, -0.1) is 0 Å². The predicted molar refractivity (Wildman–Crippen MR) is 81.0 cm³/mol.